The summed E-state index contributed by atoms with van der Waals surface area (Å²) in [6.07, 6.45) is 1.42. The molecule has 1 N–H and O–H groups in total. The van der Waals surface area contributed by atoms with Gasteiger partial charge in [0.1, 0.15) is 36.7 Å². The summed E-state index contributed by atoms with van der Waals surface area (Å²) in [6, 6.07) is 9.87. The number of aldehydes is 2. The lowest BCUT2D eigenvalue weighted by Crippen LogP contribution is -2.12. The molecule has 0 radical (unpaired) electrons. The molecule has 0 unspecified atom stereocenters. The Morgan fingerprint density at radius 2 is 1.44 bits per heavy atom. The van der Waals surface area contributed by atoms with Gasteiger partial charge in [-0.05, 0) is 35.9 Å². The molecule has 0 aliphatic heterocycles. The first kappa shape index (κ1) is 20.4. The zero-order valence-corrected chi connectivity index (χ0v) is 15.1. The number of ether oxygens (including phenoxy) is 4. The van der Waals surface area contributed by atoms with Crippen LogP contribution in [0.3, 0.4) is 0 Å². The molecule has 0 aromatic heterocycles. The first-order chi connectivity index (χ1) is 13.2. The van der Waals surface area contributed by atoms with Crippen molar-refractivity contribution in [2.75, 3.05) is 33.5 Å². The van der Waals surface area contributed by atoms with Crippen LogP contribution in [-0.2, 0) is 11.3 Å². The number of hydrogen-bond donors (Lipinski definition) is 1. The number of aliphatic hydroxyl groups is 1. The quantitative estimate of drug-likeness (QED) is 0.450. The Morgan fingerprint density at radius 3 is 2.00 bits per heavy atom. The van der Waals surface area contributed by atoms with Crippen LogP contribution in [-0.4, -0.2) is 51.2 Å². The lowest BCUT2D eigenvalue weighted by Gasteiger charge is -2.11. The van der Waals surface area contributed by atoms with Crippen molar-refractivity contribution in [1.29, 1.82) is 0 Å². The maximum absolute atomic E-state index is 10.8. The van der Waals surface area contributed by atoms with Crippen LogP contribution in [0.25, 0.3) is 0 Å². The number of rotatable bonds is 12. The second-order valence-corrected chi connectivity index (χ2v) is 5.47. The molecular formula is C20H22O7. The molecule has 27 heavy (non-hydrogen) atoms. The van der Waals surface area contributed by atoms with Gasteiger partial charge in [-0.15, -0.1) is 0 Å². The van der Waals surface area contributed by atoms with Gasteiger partial charge in [0.15, 0.2) is 6.29 Å². The maximum Gasteiger partial charge on any atom is 0.153 e. The Labute approximate surface area is 157 Å². The van der Waals surface area contributed by atoms with E-state index in [1.807, 2.05) is 0 Å². The summed E-state index contributed by atoms with van der Waals surface area (Å²) in [6.45, 7) is 1.17. The fraction of sp³-hybridized carbons (Fsp3) is 0.300. The molecule has 2 rings (SSSR count). The van der Waals surface area contributed by atoms with E-state index in [0.29, 0.717) is 66.7 Å². The summed E-state index contributed by atoms with van der Waals surface area (Å²) in [7, 11) is 1.49. The first-order valence-electron chi connectivity index (χ1n) is 8.37. The minimum absolute atomic E-state index is 0.224. The van der Waals surface area contributed by atoms with Gasteiger partial charge in [0.2, 0.25) is 0 Å². The molecular weight excluding hydrogens is 352 g/mol. The number of aliphatic hydroxyl groups excluding tert-OH is 1. The highest BCUT2D eigenvalue weighted by Crippen LogP contribution is 2.23. The number of methoxy groups -OCH3 is 1. The average Bonchev–Trinajstić information content (AvgIpc) is 2.72. The van der Waals surface area contributed by atoms with Crippen molar-refractivity contribution in [2.24, 2.45) is 0 Å². The van der Waals surface area contributed by atoms with Gasteiger partial charge in [-0.25, -0.2) is 0 Å². The molecule has 0 bridgehead atoms. The topological polar surface area (TPSA) is 91.3 Å². The third kappa shape index (κ3) is 6.09. The van der Waals surface area contributed by atoms with E-state index in [0.717, 1.165) is 6.29 Å². The van der Waals surface area contributed by atoms with Crippen molar-refractivity contribution in [3.05, 3.63) is 53.1 Å². The number of carbonyl (C=O) groups is 2. The van der Waals surface area contributed by atoms with Crippen LogP contribution in [0.5, 0.6) is 17.2 Å². The maximum atomic E-state index is 10.8. The van der Waals surface area contributed by atoms with E-state index in [2.05, 4.69) is 0 Å². The SMILES string of the molecule is COc1cc(OCCOCCOc2ccc(C=O)c(CO)c2)ccc1C=O. The second kappa shape index (κ2) is 10.9. The second-order valence-electron chi connectivity index (χ2n) is 5.47. The van der Waals surface area contributed by atoms with Crippen LogP contribution >= 0.6 is 0 Å². The van der Waals surface area contributed by atoms with Crippen LogP contribution in [0.1, 0.15) is 26.3 Å². The summed E-state index contributed by atoms with van der Waals surface area (Å²) in [5.74, 6) is 1.61. The largest absolute Gasteiger partial charge is 0.496 e. The first-order valence-corrected chi connectivity index (χ1v) is 8.37. The van der Waals surface area contributed by atoms with E-state index in [4.69, 9.17) is 18.9 Å². The molecule has 7 nitrogen and oxygen atoms in total. The van der Waals surface area contributed by atoms with Crippen LogP contribution in [0.4, 0.5) is 0 Å². The van der Waals surface area contributed by atoms with E-state index in [-0.39, 0.29) is 6.61 Å². The van der Waals surface area contributed by atoms with Gasteiger partial charge >= 0.3 is 0 Å². The summed E-state index contributed by atoms with van der Waals surface area (Å²) < 4.78 is 21.6. The third-order valence-electron chi connectivity index (χ3n) is 3.74. The zero-order valence-electron chi connectivity index (χ0n) is 15.1. The molecule has 2 aromatic rings. The number of hydrogen-bond acceptors (Lipinski definition) is 7. The molecule has 0 amide bonds. The van der Waals surface area contributed by atoms with E-state index >= 15 is 0 Å². The molecule has 0 spiro atoms. The lowest BCUT2D eigenvalue weighted by atomic mass is 10.1. The number of carbonyl (C=O) groups excluding carboxylic acids is 2. The standard InChI is InChI=1S/C20H22O7/c1-24-20-11-19(5-3-16(20)13-22)27-9-7-25-6-8-26-18-4-2-15(12-21)17(10-18)14-23/h2-5,10-13,23H,6-9,14H2,1H3. The summed E-state index contributed by atoms with van der Waals surface area (Å²) >= 11 is 0. The summed E-state index contributed by atoms with van der Waals surface area (Å²) in [5, 5.41) is 9.22. The predicted octanol–water partition coefficient (Wildman–Crippen LogP) is 2.29. The highest BCUT2D eigenvalue weighted by Gasteiger charge is 2.05. The van der Waals surface area contributed by atoms with Gasteiger partial charge < -0.3 is 24.1 Å². The fourth-order valence-corrected chi connectivity index (χ4v) is 2.34. The van der Waals surface area contributed by atoms with E-state index < -0.39 is 0 Å². The van der Waals surface area contributed by atoms with Gasteiger partial charge in [-0.3, -0.25) is 9.59 Å². The monoisotopic (exact) mass is 374 g/mol. The normalized spacial score (nSPS) is 10.3. The Kier molecular flexibility index (Phi) is 8.28. The lowest BCUT2D eigenvalue weighted by molar-refractivity contribution is 0.0763. The van der Waals surface area contributed by atoms with Gasteiger partial charge in [-0.2, -0.15) is 0 Å². The number of benzene rings is 2. The summed E-state index contributed by atoms with van der Waals surface area (Å²) in [4.78, 5) is 21.7. The third-order valence-corrected chi connectivity index (χ3v) is 3.74. The minimum atomic E-state index is -0.224. The molecule has 2 aromatic carbocycles. The van der Waals surface area contributed by atoms with E-state index in [1.54, 1.807) is 36.4 Å². The van der Waals surface area contributed by atoms with Crippen LogP contribution in [0, 0.1) is 0 Å². The summed E-state index contributed by atoms with van der Waals surface area (Å²) in [5.41, 5.74) is 1.42. The van der Waals surface area contributed by atoms with Crippen LogP contribution in [0.2, 0.25) is 0 Å². The van der Waals surface area contributed by atoms with Gasteiger partial charge in [0.25, 0.3) is 0 Å². The smallest absolute Gasteiger partial charge is 0.153 e. The van der Waals surface area contributed by atoms with Crippen molar-refractivity contribution in [1.82, 2.24) is 0 Å². The molecule has 7 heteroatoms. The van der Waals surface area contributed by atoms with Crippen molar-refractivity contribution in [3.8, 4) is 17.2 Å². The van der Waals surface area contributed by atoms with Gasteiger partial charge in [0.05, 0.1) is 32.5 Å². The molecule has 0 heterocycles. The van der Waals surface area contributed by atoms with Crippen molar-refractivity contribution in [3.63, 3.8) is 0 Å². The Morgan fingerprint density at radius 1 is 0.852 bits per heavy atom. The van der Waals surface area contributed by atoms with Gasteiger partial charge in [0, 0.05) is 11.6 Å². The molecule has 0 aliphatic carbocycles. The molecule has 0 atom stereocenters. The van der Waals surface area contributed by atoms with E-state index in [1.165, 1.54) is 7.11 Å². The molecule has 0 saturated carbocycles. The highest BCUT2D eigenvalue weighted by atomic mass is 16.5. The molecule has 0 fully saturated rings. The average molecular weight is 374 g/mol. The van der Waals surface area contributed by atoms with Crippen molar-refractivity contribution in [2.45, 2.75) is 6.61 Å². The molecule has 0 aliphatic rings. The molecule has 0 saturated heterocycles. The highest BCUT2D eigenvalue weighted by molar-refractivity contribution is 5.79. The van der Waals surface area contributed by atoms with Crippen LogP contribution in [0.15, 0.2) is 36.4 Å². The van der Waals surface area contributed by atoms with Crippen LogP contribution < -0.4 is 14.2 Å². The van der Waals surface area contributed by atoms with Crippen molar-refractivity contribution < 1.29 is 33.6 Å². The Hall–Kier alpha value is -2.90. The Bertz CT molecular complexity index is 694. The van der Waals surface area contributed by atoms with E-state index in [9.17, 15) is 14.7 Å². The fourth-order valence-electron chi connectivity index (χ4n) is 2.34. The molecule has 144 valence electrons. The predicted molar refractivity (Wildman–Crippen MR) is 97.9 cm³/mol. The minimum Gasteiger partial charge on any atom is -0.496 e. The van der Waals surface area contributed by atoms with Crippen molar-refractivity contribution >= 4 is 12.6 Å². The van der Waals surface area contributed by atoms with Gasteiger partial charge in [-0.1, -0.05) is 0 Å². The zero-order chi connectivity index (χ0) is 19.5. The Balaban J connectivity index is 1.66.